The average Bonchev–Trinajstić information content (AvgIpc) is 2.30. The molecule has 0 amide bonds. The van der Waals surface area contributed by atoms with Gasteiger partial charge in [0.15, 0.2) is 0 Å². The number of nitrogen functional groups attached to an aromatic ring is 1. The molecule has 0 atom stereocenters. The third-order valence-electron chi connectivity index (χ3n) is 3.21. The standard InChI is InChI=1S/C13H20N2O/c1-10-3-2-4-12(14)13(10)15-9-11-5-7-16-8-6-11/h2-4,11,15H,5-9,14H2,1H3. The molecule has 16 heavy (non-hydrogen) atoms. The van der Waals surface area contributed by atoms with E-state index < -0.39 is 0 Å². The van der Waals surface area contributed by atoms with Gasteiger partial charge in [0.2, 0.25) is 0 Å². The summed E-state index contributed by atoms with van der Waals surface area (Å²) in [7, 11) is 0. The first-order valence-electron chi connectivity index (χ1n) is 5.94. The van der Waals surface area contributed by atoms with Crippen LogP contribution in [-0.4, -0.2) is 19.8 Å². The van der Waals surface area contributed by atoms with Crippen molar-refractivity contribution in [1.82, 2.24) is 0 Å². The topological polar surface area (TPSA) is 47.3 Å². The molecule has 0 radical (unpaired) electrons. The molecule has 0 aromatic heterocycles. The van der Waals surface area contributed by atoms with Crippen molar-refractivity contribution in [3.8, 4) is 0 Å². The maximum atomic E-state index is 5.95. The number of hydrogen-bond acceptors (Lipinski definition) is 3. The fourth-order valence-corrected chi connectivity index (χ4v) is 2.13. The van der Waals surface area contributed by atoms with E-state index in [4.69, 9.17) is 10.5 Å². The van der Waals surface area contributed by atoms with Crippen molar-refractivity contribution in [2.75, 3.05) is 30.8 Å². The molecule has 3 heteroatoms. The zero-order valence-corrected chi connectivity index (χ0v) is 9.83. The summed E-state index contributed by atoms with van der Waals surface area (Å²) in [6.07, 6.45) is 2.30. The number of hydrogen-bond donors (Lipinski definition) is 2. The molecular formula is C13H20N2O. The Bertz CT molecular complexity index is 326. The molecule has 0 bridgehead atoms. The van der Waals surface area contributed by atoms with Gasteiger partial charge >= 0.3 is 0 Å². The van der Waals surface area contributed by atoms with Gasteiger partial charge in [-0.3, -0.25) is 0 Å². The van der Waals surface area contributed by atoms with Crippen LogP contribution >= 0.6 is 0 Å². The molecule has 88 valence electrons. The van der Waals surface area contributed by atoms with Gasteiger partial charge in [-0.05, 0) is 37.3 Å². The van der Waals surface area contributed by atoms with E-state index in [1.165, 1.54) is 5.56 Å². The zero-order valence-electron chi connectivity index (χ0n) is 9.83. The molecule has 0 spiro atoms. The Labute approximate surface area is 97.0 Å². The van der Waals surface area contributed by atoms with Crippen molar-refractivity contribution in [1.29, 1.82) is 0 Å². The van der Waals surface area contributed by atoms with Crippen molar-refractivity contribution in [2.45, 2.75) is 19.8 Å². The van der Waals surface area contributed by atoms with Gasteiger partial charge in [-0.1, -0.05) is 12.1 Å². The number of ether oxygens (including phenoxy) is 1. The molecule has 0 saturated carbocycles. The molecular weight excluding hydrogens is 200 g/mol. The minimum absolute atomic E-state index is 0.716. The molecule has 1 aliphatic heterocycles. The number of para-hydroxylation sites is 1. The Kier molecular flexibility index (Phi) is 3.67. The lowest BCUT2D eigenvalue weighted by atomic mass is 10.00. The lowest BCUT2D eigenvalue weighted by Crippen LogP contribution is -2.23. The average molecular weight is 220 g/mol. The Balaban J connectivity index is 1.93. The number of nitrogens with one attached hydrogen (secondary N) is 1. The van der Waals surface area contributed by atoms with Crippen molar-refractivity contribution in [2.24, 2.45) is 5.92 Å². The van der Waals surface area contributed by atoms with Crippen LogP contribution in [0.1, 0.15) is 18.4 Å². The van der Waals surface area contributed by atoms with E-state index in [9.17, 15) is 0 Å². The quantitative estimate of drug-likeness (QED) is 0.769. The highest BCUT2D eigenvalue weighted by atomic mass is 16.5. The van der Waals surface area contributed by atoms with Gasteiger partial charge in [-0.2, -0.15) is 0 Å². The summed E-state index contributed by atoms with van der Waals surface area (Å²) < 4.78 is 5.35. The second kappa shape index (κ2) is 5.21. The van der Waals surface area contributed by atoms with E-state index in [-0.39, 0.29) is 0 Å². The third-order valence-corrected chi connectivity index (χ3v) is 3.21. The highest BCUT2D eigenvalue weighted by molar-refractivity contribution is 5.69. The number of anilines is 2. The zero-order chi connectivity index (χ0) is 11.4. The molecule has 0 unspecified atom stereocenters. The summed E-state index contributed by atoms with van der Waals surface area (Å²) in [6, 6.07) is 6.02. The van der Waals surface area contributed by atoms with Crippen LogP contribution in [0.25, 0.3) is 0 Å². The van der Waals surface area contributed by atoms with Gasteiger partial charge in [-0.25, -0.2) is 0 Å². The first-order chi connectivity index (χ1) is 7.77. The SMILES string of the molecule is Cc1cccc(N)c1NCC1CCOCC1. The van der Waals surface area contributed by atoms with Crippen LogP contribution in [0.3, 0.4) is 0 Å². The second-order valence-corrected chi connectivity index (χ2v) is 4.48. The van der Waals surface area contributed by atoms with Gasteiger partial charge in [0.25, 0.3) is 0 Å². The van der Waals surface area contributed by atoms with E-state index in [0.29, 0.717) is 5.92 Å². The van der Waals surface area contributed by atoms with E-state index >= 15 is 0 Å². The number of rotatable bonds is 3. The monoisotopic (exact) mass is 220 g/mol. The highest BCUT2D eigenvalue weighted by Gasteiger charge is 2.14. The largest absolute Gasteiger partial charge is 0.397 e. The smallest absolute Gasteiger partial charge is 0.0603 e. The summed E-state index contributed by atoms with van der Waals surface area (Å²) >= 11 is 0. The Morgan fingerprint density at radius 3 is 2.81 bits per heavy atom. The molecule has 1 heterocycles. The molecule has 1 aromatic carbocycles. The lowest BCUT2D eigenvalue weighted by molar-refractivity contribution is 0.0699. The number of benzene rings is 1. The first kappa shape index (κ1) is 11.3. The van der Waals surface area contributed by atoms with Crippen LogP contribution in [-0.2, 0) is 4.74 Å². The van der Waals surface area contributed by atoms with Crippen molar-refractivity contribution in [3.63, 3.8) is 0 Å². The normalized spacial score (nSPS) is 17.3. The predicted molar refractivity (Wildman–Crippen MR) is 67.6 cm³/mol. The lowest BCUT2D eigenvalue weighted by Gasteiger charge is -2.23. The van der Waals surface area contributed by atoms with Gasteiger partial charge in [0.1, 0.15) is 0 Å². The molecule has 0 aliphatic carbocycles. The fourth-order valence-electron chi connectivity index (χ4n) is 2.13. The van der Waals surface area contributed by atoms with Crippen LogP contribution in [0.2, 0.25) is 0 Å². The van der Waals surface area contributed by atoms with Crippen LogP contribution < -0.4 is 11.1 Å². The Morgan fingerprint density at radius 1 is 1.38 bits per heavy atom. The summed E-state index contributed by atoms with van der Waals surface area (Å²) in [4.78, 5) is 0. The minimum Gasteiger partial charge on any atom is -0.397 e. The molecule has 1 aromatic rings. The molecule has 1 aliphatic rings. The maximum absolute atomic E-state index is 5.95. The number of nitrogens with two attached hydrogens (primary N) is 1. The molecule has 1 fully saturated rings. The number of aryl methyl sites for hydroxylation is 1. The molecule has 2 rings (SSSR count). The van der Waals surface area contributed by atoms with E-state index in [1.54, 1.807) is 0 Å². The fraction of sp³-hybridized carbons (Fsp3) is 0.538. The van der Waals surface area contributed by atoms with Crippen LogP contribution in [0.5, 0.6) is 0 Å². The Morgan fingerprint density at radius 2 is 2.12 bits per heavy atom. The van der Waals surface area contributed by atoms with Gasteiger partial charge in [0, 0.05) is 19.8 Å². The van der Waals surface area contributed by atoms with Gasteiger partial charge < -0.3 is 15.8 Å². The van der Waals surface area contributed by atoms with Crippen molar-refractivity contribution < 1.29 is 4.74 Å². The maximum Gasteiger partial charge on any atom is 0.0603 e. The first-order valence-corrected chi connectivity index (χ1v) is 5.94. The van der Waals surface area contributed by atoms with E-state index in [0.717, 1.165) is 44.0 Å². The molecule has 1 saturated heterocycles. The minimum atomic E-state index is 0.716. The van der Waals surface area contributed by atoms with E-state index in [1.807, 2.05) is 12.1 Å². The van der Waals surface area contributed by atoms with Crippen LogP contribution in [0, 0.1) is 12.8 Å². The predicted octanol–water partition coefficient (Wildman–Crippen LogP) is 2.42. The van der Waals surface area contributed by atoms with Gasteiger partial charge in [0.05, 0.1) is 11.4 Å². The third kappa shape index (κ3) is 2.67. The molecule has 3 nitrogen and oxygen atoms in total. The summed E-state index contributed by atoms with van der Waals surface area (Å²) in [5, 5.41) is 3.47. The Hall–Kier alpha value is -1.22. The van der Waals surface area contributed by atoms with Crippen LogP contribution in [0.15, 0.2) is 18.2 Å². The summed E-state index contributed by atoms with van der Waals surface area (Å²) in [5.74, 6) is 0.716. The summed E-state index contributed by atoms with van der Waals surface area (Å²) in [5.41, 5.74) is 9.10. The summed E-state index contributed by atoms with van der Waals surface area (Å²) in [6.45, 7) is 4.88. The van der Waals surface area contributed by atoms with Crippen molar-refractivity contribution >= 4 is 11.4 Å². The van der Waals surface area contributed by atoms with Crippen LogP contribution in [0.4, 0.5) is 11.4 Å². The highest BCUT2D eigenvalue weighted by Crippen LogP contribution is 2.24. The van der Waals surface area contributed by atoms with Gasteiger partial charge in [-0.15, -0.1) is 0 Å². The second-order valence-electron chi connectivity index (χ2n) is 4.48. The van der Waals surface area contributed by atoms with Crippen molar-refractivity contribution in [3.05, 3.63) is 23.8 Å². The molecule has 3 N–H and O–H groups in total. The van der Waals surface area contributed by atoms with E-state index in [2.05, 4.69) is 18.3 Å².